The minimum atomic E-state index is -2.91. The van der Waals surface area contributed by atoms with Gasteiger partial charge in [-0.2, -0.15) is 0 Å². The monoisotopic (exact) mass is 260 g/mol. The van der Waals surface area contributed by atoms with Crippen LogP contribution in [0.25, 0.3) is 0 Å². The van der Waals surface area contributed by atoms with Crippen LogP contribution in [0.15, 0.2) is 12.3 Å². The first-order chi connectivity index (χ1) is 8.45. The third-order valence-corrected chi connectivity index (χ3v) is 2.04. The van der Waals surface area contributed by atoms with E-state index in [9.17, 15) is 23.7 Å². The van der Waals surface area contributed by atoms with E-state index in [1.165, 1.54) is 0 Å². The number of esters is 1. The van der Waals surface area contributed by atoms with E-state index in [1.54, 1.807) is 6.92 Å². The average molecular weight is 260 g/mol. The summed E-state index contributed by atoms with van der Waals surface area (Å²) in [6, 6.07) is 0.908. The Morgan fingerprint density at radius 2 is 2.28 bits per heavy atom. The molecule has 18 heavy (non-hydrogen) atoms. The molecule has 8 heteroatoms. The maximum atomic E-state index is 12.6. The number of nitrogens with zero attached hydrogens (tertiary/aromatic N) is 2. The fourth-order valence-corrected chi connectivity index (χ4v) is 1.31. The van der Waals surface area contributed by atoms with Crippen LogP contribution in [0.4, 0.5) is 14.5 Å². The molecule has 0 aromatic carbocycles. The Hall–Kier alpha value is -2.12. The summed E-state index contributed by atoms with van der Waals surface area (Å²) in [6.45, 7) is 1.67. The maximum Gasteiger partial charge on any atom is 0.310 e. The van der Waals surface area contributed by atoms with Gasteiger partial charge < -0.3 is 4.74 Å². The Kier molecular flexibility index (Phi) is 4.64. The molecule has 0 aliphatic carbocycles. The second kappa shape index (κ2) is 5.99. The van der Waals surface area contributed by atoms with Crippen LogP contribution in [0.3, 0.4) is 0 Å². The summed E-state index contributed by atoms with van der Waals surface area (Å²) in [4.78, 5) is 24.3. The second-order valence-electron chi connectivity index (χ2n) is 3.28. The number of pyridine rings is 1. The fourth-order valence-electron chi connectivity index (χ4n) is 1.31. The second-order valence-corrected chi connectivity index (χ2v) is 3.28. The minimum Gasteiger partial charge on any atom is -0.466 e. The normalized spacial score (nSPS) is 10.4. The van der Waals surface area contributed by atoms with Crippen molar-refractivity contribution in [2.24, 2.45) is 0 Å². The van der Waals surface area contributed by atoms with Crippen LogP contribution in [-0.2, 0) is 16.0 Å². The SMILES string of the molecule is CCOC(=O)Cc1cc([N+](=O)[O-])cnc1C(F)F. The van der Waals surface area contributed by atoms with Crippen molar-refractivity contribution in [1.82, 2.24) is 4.98 Å². The summed E-state index contributed by atoms with van der Waals surface area (Å²) in [7, 11) is 0. The van der Waals surface area contributed by atoms with Gasteiger partial charge in [0.1, 0.15) is 11.9 Å². The predicted molar refractivity (Wildman–Crippen MR) is 56.2 cm³/mol. The third kappa shape index (κ3) is 3.44. The average Bonchev–Trinajstić information content (AvgIpc) is 2.28. The van der Waals surface area contributed by atoms with Gasteiger partial charge in [0.05, 0.1) is 18.0 Å². The first kappa shape index (κ1) is 13.9. The molecule has 6 nitrogen and oxygen atoms in total. The van der Waals surface area contributed by atoms with Crippen LogP contribution in [0.5, 0.6) is 0 Å². The van der Waals surface area contributed by atoms with Crippen LogP contribution in [0.1, 0.15) is 24.6 Å². The largest absolute Gasteiger partial charge is 0.466 e. The lowest BCUT2D eigenvalue weighted by atomic mass is 10.1. The van der Waals surface area contributed by atoms with Crippen molar-refractivity contribution in [3.8, 4) is 0 Å². The highest BCUT2D eigenvalue weighted by molar-refractivity contribution is 5.73. The van der Waals surface area contributed by atoms with Gasteiger partial charge in [-0.3, -0.25) is 14.9 Å². The first-order valence-corrected chi connectivity index (χ1v) is 5.02. The molecule has 0 saturated heterocycles. The zero-order valence-corrected chi connectivity index (χ0v) is 9.43. The van der Waals surface area contributed by atoms with Gasteiger partial charge in [-0.05, 0) is 12.5 Å². The highest BCUT2D eigenvalue weighted by atomic mass is 19.3. The lowest BCUT2D eigenvalue weighted by Crippen LogP contribution is -2.11. The van der Waals surface area contributed by atoms with Crippen LogP contribution >= 0.6 is 0 Å². The van der Waals surface area contributed by atoms with Gasteiger partial charge in [0.2, 0.25) is 0 Å². The molecular formula is C10H10F2N2O4. The zero-order valence-electron chi connectivity index (χ0n) is 9.43. The van der Waals surface area contributed by atoms with Crippen LogP contribution in [0, 0.1) is 10.1 Å². The number of alkyl halides is 2. The van der Waals surface area contributed by atoms with E-state index in [0.29, 0.717) is 0 Å². The summed E-state index contributed by atoms with van der Waals surface area (Å²) < 4.78 is 29.8. The van der Waals surface area contributed by atoms with E-state index in [-0.39, 0.29) is 12.2 Å². The quantitative estimate of drug-likeness (QED) is 0.459. The molecule has 1 aromatic heterocycles. The molecule has 1 aromatic rings. The molecule has 98 valence electrons. The molecule has 0 atom stereocenters. The number of aromatic nitrogens is 1. The lowest BCUT2D eigenvalue weighted by Gasteiger charge is -2.07. The molecule has 1 rings (SSSR count). The Bertz CT molecular complexity index is 465. The maximum absolute atomic E-state index is 12.6. The smallest absolute Gasteiger partial charge is 0.310 e. The van der Waals surface area contributed by atoms with Gasteiger partial charge in [0.25, 0.3) is 12.1 Å². The Labute approximate surface area is 101 Å². The summed E-state index contributed by atoms with van der Waals surface area (Å²) in [6.07, 6.45) is -2.64. The van der Waals surface area contributed by atoms with Crippen LogP contribution in [-0.4, -0.2) is 22.5 Å². The van der Waals surface area contributed by atoms with Crippen molar-refractivity contribution in [3.63, 3.8) is 0 Å². The molecule has 0 aliphatic rings. The fraction of sp³-hybridized carbons (Fsp3) is 0.400. The van der Waals surface area contributed by atoms with Crippen LogP contribution in [0.2, 0.25) is 0 Å². The summed E-state index contributed by atoms with van der Waals surface area (Å²) in [5.74, 6) is -0.735. The van der Waals surface area contributed by atoms with E-state index in [2.05, 4.69) is 9.72 Å². The first-order valence-electron chi connectivity index (χ1n) is 5.02. The number of carbonyl (C=O) groups is 1. The number of nitro groups is 1. The third-order valence-electron chi connectivity index (χ3n) is 2.04. The van der Waals surface area contributed by atoms with Crippen molar-refractivity contribution in [1.29, 1.82) is 0 Å². The number of ether oxygens (including phenoxy) is 1. The van der Waals surface area contributed by atoms with Crippen molar-refractivity contribution < 1.29 is 23.2 Å². The summed E-state index contributed by atoms with van der Waals surface area (Å²) in [5, 5.41) is 10.5. The molecule has 0 unspecified atom stereocenters. The van der Waals surface area contributed by atoms with Gasteiger partial charge in [-0.15, -0.1) is 0 Å². The van der Waals surface area contributed by atoms with E-state index in [0.717, 1.165) is 12.3 Å². The standard InChI is InChI=1S/C10H10F2N2O4/c1-2-18-8(15)4-6-3-7(14(16)17)5-13-9(6)10(11)12/h3,5,10H,2,4H2,1H3. The molecule has 0 amide bonds. The number of halogens is 2. The molecule has 1 heterocycles. The number of rotatable bonds is 5. The van der Waals surface area contributed by atoms with Crippen LogP contribution < -0.4 is 0 Å². The van der Waals surface area contributed by atoms with Gasteiger partial charge in [0.15, 0.2) is 0 Å². The van der Waals surface area contributed by atoms with E-state index in [1.807, 2.05) is 0 Å². The molecule has 0 bridgehead atoms. The molecule has 0 radical (unpaired) electrons. The topological polar surface area (TPSA) is 82.3 Å². The highest BCUT2D eigenvalue weighted by Crippen LogP contribution is 2.24. The Balaban J connectivity index is 3.07. The predicted octanol–water partition coefficient (Wildman–Crippen LogP) is 2.03. The van der Waals surface area contributed by atoms with Gasteiger partial charge >= 0.3 is 5.97 Å². The van der Waals surface area contributed by atoms with Crippen molar-refractivity contribution in [2.45, 2.75) is 19.8 Å². The minimum absolute atomic E-state index is 0.102. The summed E-state index contributed by atoms with van der Waals surface area (Å²) >= 11 is 0. The van der Waals surface area contributed by atoms with Gasteiger partial charge in [-0.1, -0.05) is 0 Å². The number of carbonyl (C=O) groups excluding carboxylic acids is 1. The van der Waals surface area contributed by atoms with Gasteiger partial charge in [-0.25, -0.2) is 13.8 Å². The zero-order chi connectivity index (χ0) is 13.7. The van der Waals surface area contributed by atoms with Crippen molar-refractivity contribution >= 4 is 11.7 Å². The lowest BCUT2D eigenvalue weighted by molar-refractivity contribution is -0.385. The highest BCUT2D eigenvalue weighted by Gasteiger charge is 2.21. The molecular weight excluding hydrogens is 250 g/mol. The van der Waals surface area contributed by atoms with Gasteiger partial charge in [0, 0.05) is 6.07 Å². The Morgan fingerprint density at radius 1 is 1.61 bits per heavy atom. The van der Waals surface area contributed by atoms with Crippen molar-refractivity contribution in [2.75, 3.05) is 6.61 Å². The Morgan fingerprint density at radius 3 is 2.78 bits per heavy atom. The molecule has 0 saturated carbocycles. The number of hydrogen-bond acceptors (Lipinski definition) is 5. The number of hydrogen-bond donors (Lipinski definition) is 0. The van der Waals surface area contributed by atoms with E-state index >= 15 is 0 Å². The van der Waals surface area contributed by atoms with Crippen molar-refractivity contribution in [3.05, 3.63) is 33.6 Å². The van der Waals surface area contributed by atoms with E-state index < -0.39 is 35.1 Å². The molecule has 0 spiro atoms. The molecule has 0 N–H and O–H groups in total. The molecule has 0 aliphatic heterocycles. The molecule has 0 fully saturated rings. The van der Waals surface area contributed by atoms with E-state index in [4.69, 9.17) is 0 Å². The summed E-state index contributed by atoms with van der Waals surface area (Å²) in [5.41, 5.74) is -1.29.